The molecule has 3 rings (SSSR count). The predicted octanol–water partition coefficient (Wildman–Crippen LogP) is 2.88. The van der Waals surface area contributed by atoms with Crippen molar-refractivity contribution in [3.8, 4) is 0 Å². The molecular formula is C24H34N2O4S. The van der Waals surface area contributed by atoms with E-state index < -0.39 is 9.71 Å². The summed E-state index contributed by atoms with van der Waals surface area (Å²) in [5.74, 6) is 3.75. The van der Waals surface area contributed by atoms with E-state index in [1.165, 1.54) is 0 Å². The normalized spacial score (nSPS) is 16.4. The summed E-state index contributed by atoms with van der Waals surface area (Å²) in [5.41, 5.74) is 5.33. The Hall–Kier alpha value is -2.09. The SMILES string of the molecule is C=S(=O)(c1ccc(Cc2c(C)c(CCO)n(CC(=O)OCC)c2C)cc1)N1CCCC1. The minimum Gasteiger partial charge on any atom is -0.465 e. The Bertz CT molecular complexity index is 1020. The first-order valence-corrected chi connectivity index (χ1v) is 12.6. The number of benzene rings is 1. The topological polar surface area (TPSA) is 71.8 Å². The monoisotopic (exact) mass is 446 g/mol. The summed E-state index contributed by atoms with van der Waals surface area (Å²) in [6.07, 6.45) is 3.34. The fourth-order valence-corrected chi connectivity index (χ4v) is 6.12. The maximum atomic E-state index is 13.2. The lowest BCUT2D eigenvalue weighted by Gasteiger charge is -2.21. The molecule has 2 heterocycles. The van der Waals surface area contributed by atoms with Crippen LogP contribution in [0.4, 0.5) is 0 Å². The number of carbonyl (C=O) groups is 1. The van der Waals surface area contributed by atoms with Crippen molar-refractivity contribution in [1.82, 2.24) is 8.87 Å². The minimum absolute atomic E-state index is 0.0234. The molecule has 1 aromatic carbocycles. The Balaban J connectivity index is 1.85. The third kappa shape index (κ3) is 5.05. The molecule has 0 saturated carbocycles. The molecule has 0 bridgehead atoms. The number of rotatable bonds is 9. The molecule has 1 aromatic heterocycles. The number of aromatic nitrogens is 1. The molecular weight excluding hydrogens is 412 g/mol. The molecule has 2 aromatic rings. The molecule has 0 radical (unpaired) electrons. The molecule has 1 aliphatic heterocycles. The fourth-order valence-electron chi connectivity index (χ4n) is 4.41. The van der Waals surface area contributed by atoms with Crippen molar-refractivity contribution in [2.45, 2.75) is 57.9 Å². The van der Waals surface area contributed by atoms with Gasteiger partial charge in [-0.3, -0.25) is 4.79 Å². The Morgan fingerprint density at radius 2 is 1.84 bits per heavy atom. The van der Waals surface area contributed by atoms with Crippen LogP contribution in [0.15, 0.2) is 29.2 Å². The summed E-state index contributed by atoms with van der Waals surface area (Å²) in [5, 5.41) is 9.53. The number of esters is 1. The zero-order valence-electron chi connectivity index (χ0n) is 18.9. The first kappa shape index (κ1) is 23.6. The van der Waals surface area contributed by atoms with Crippen molar-refractivity contribution in [3.05, 3.63) is 52.3 Å². The van der Waals surface area contributed by atoms with E-state index in [-0.39, 0.29) is 19.1 Å². The van der Waals surface area contributed by atoms with Crippen LogP contribution in [-0.4, -0.2) is 56.3 Å². The number of hydrogen-bond acceptors (Lipinski definition) is 4. The van der Waals surface area contributed by atoms with Crippen molar-refractivity contribution < 1.29 is 18.8 Å². The second-order valence-corrected chi connectivity index (χ2v) is 10.4. The molecule has 6 nitrogen and oxygen atoms in total. The molecule has 0 aliphatic carbocycles. The van der Waals surface area contributed by atoms with Crippen molar-refractivity contribution in [1.29, 1.82) is 0 Å². The van der Waals surface area contributed by atoms with Gasteiger partial charge in [-0.15, -0.1) is 0 Å². The summed E-state index contributed by atoms with van der Waals surface area (Å²) in [4.78, 5) is 12.9. The van der Waals surface area contributed by atoms with Crippen molar-refractivity contribution in [3.63, 3.8) is 0 Å². The Kier molecular flexibility index (Phi) is 7.62. The lowest BCUT2D eigenvalue weighted by Crippen LogP contribution is -2.27. The highest BCUT2D eigenvalue weighted by Gasteiger charge is 2.23. The van der Waals surface area contributed by atoms with Crippen LogP contribution in [0.2, 0.25) is 0 Å². The average molecular weight is 447 g/mol. The van der Waals surface area contributed by atoms with E-state index in [0.29, 0.717) is 19.4 Å². The highest BCUT2D eigenvalue weighted by atomic mass is 32.2. The minimum atomic E-state index is -2.42. The number of nitrogens with zero attached hydrogens (tertiary/aromatic N) is 2. The lowest BCUT2D eigenvalue weighted by molar-refractivity contribution is -0.143. The molecule has 1 aliphatic rings. The first-order valence-electron chi connectivity index (χ1n) is 10.9. The summed E-state index contributed by atoms with van der Waals surface area (Å²) >= 11 is 0. The Morgan fingerprint density at radius 1 is 1.19 bits per heavy atom. The number of aliphatic hydroxyl groups is 1. The predicted molar refractivity (Wildman–Crippen MR) is 125 cm³/mol. The van der Waals surface area contributed by atoms with E-state index in [2.05, 4.69) is 5.87 Å². The molecule has 1 saturated heterocycles. The van der Waals surface area contributed by atoms with Crippen molar-refractivity contribution in [2.75, 3.05) is 26.3 Å². The van der Waals surface area contributed by atoms with Gasteiger partial charge in [0.2, 0.25) is 0 Å². The van der Waals surface area contributed by atoms with Gasteiger partial charge in [-0.25, -0.2) is 8.51 Å². The van der Waals surface area contributed by atoms with Crippen LogP contribution in [0.25, 0.3) is 0 Å². The van der Waals surface area contributed by atoms with Crippen LogP contribution in [0, 0.1) is 13.8 Å². The molecule has 1 unspecified atom stereocenters. The zero-order valence-corrected chi connectivity index (χ0v) is 19.7. The van der Waals surface area contributed by atoms with Gasteiger partial charge in [-0.1, -0.05) is 12.1 Å². The van der Waals surface area contributed by atoms with Crippen molar-refractivity contribution in [2.24, 2.45) is 0 Å². The van der Waals surface area contributed by atoms with Gasteiger partial charge < -0.3 is 14.4 Å². The van der Waals surface area contributed by atoms with E-state index in [9.17, 15) is 14.1 Å². The molecule has 7 heteroatoms. The Morgan fingerprint density at radius 3 is 2.42 bits per heavy atom. The van der Waals surface area contributed by atoms with E-state index in [4.69, 9.17) is 4.74 Å². The summed E-state index contributed by atoms with van der Waals surface area (Å²) in [6, 6.07) is 7.89. The lowest BCUT2D eigenvalue weighted by atomic mass is 10.0. The van der Waals surface area contributed by atoms with Gasteiger partial charge in [0.1, 0.15) is 6.54 Å². The standard InChI is InChI=1S/C24H34N2O4S/c1-5-30-24(28)17-26-19(3)22(18(2)23(26)12-15-27)16-20-8-10-21(11-9-20)31(4,29)25-13-6-7-14-25/h8-11,27H,4-7,12-17H2,1-3H3. The fraction of sp³-hybridized carbons (Fsp3) is 0.500. The van der Waals surface area contributed by atoms with Gasteiger partial charge in [-0.2, -0.15) is 0 Å². The third-order valence-electron chi connectivity index (χ3n) is 6.15. The van der Waals surface area contributed by atoms with Gasteiger partial charge in [0.25, 0.3) is 0 Å². The second-order valence-electron chi connectivity index (χ2n) is 8.10. The van der Waals surface area contributed by atoms with Crippen LogP contribution < -0.4 is 0 Å². The van der Waals surface area contributed by atoms with Gasteiger partial charge >= 0.3 is 5.97 Å². The third-order valence-corrected chi connectivity index (χ3v) is 8.36. The van der Waals surface area contributed by atoms with Crippen LogP contribution in [-0.2, 0) is 38.6 Å². The van der Waals surface area contributed by atoms with Crippen LogP contribution in [0.5, 0.6) is 0 Å². The zero-order chi connectivity index (χ0) is 22.6. The van der Waals surface area contributed by atoms with Gasteiger partial charge in [0.05, 0.1) is 16.3 Å². The number of aliphatic hydroxyl groups excluding tert-OH is 1. The highest BCUT2D eigenvalue weighted by Crippen LogP contribution is 2.27. The van der Waals surface area contributed by atoms with Crippen LogP contribution >= 0.6 is 0 Å². The van der Waals surface area contributed by atoms with E-state index in [1.54, 1.807) is 6.92 Å². The molecule has 1 fully saturated rings. The van der Waals surface area contributed by atoms with Gasteiger partial charge in [-0.05, 0) is 74.7 Å². The molecule has 1 N–H and O–H groups in total. The van der Waals surface area contributed by atoms with Crippen LogP contribution in [0.1, 0.15) is 47.8 Å². The second kappa shape index (κ2) is 10.0. The van der Waals surface area contributed by atoms with Gasteiger partial charge in [0, 0.05) is 42.4 Å². The summed E-state index contributed by atoms with van der Waals surface area (Å²) in [6.45, 7) is 8.03. The highest BCUT2D eigenvalue weighted by molar-refractivity contribution is 7.98. The average Bonchev–Trinajstić information content (AvgIpc) is 3.35. The van der Waals surface area contributed by atoms with E-state index in [0.717, 1.165) is 58.9 Å². The quantitative estimate of drug-likeness (QED) is 0.475. The number of ether oxygens (including phenoxy) is 1. The number of hydrogen-bond donors (Lipinski definition) is 1. The Labute approximate surface area is 186 Å². The molecule has 170 valence electrons. The number of carbonyl (C=O) groups excluding carboxylic acids is 1. The maximum absolute atomic E-state index is 13.2. The molecule has 0 amide bonds. The van der Waals surface area contributed by atoms with E-state index >= 15 is 0 Å². The smallest absolute Gasteiger partial charge is 0.325 e. The maximum Gasteiger partial charge on any atom is 0.325 e. The molecule has 0 spiro atoms. The largest absolute Gasteiger partial charge is 0.465 e. The van der Waals surface area contributed by atoms with E-state index in [1.807, 2.05) is 47.0 Å². The summed E-state index contributed by atoms with van der Waals surface area (Å²) < 4.78 is 22.3. The molecule has 31 heavy (non-hydrogen) atoms. The van der Waals surface area contributed by atoms with Crippen molar-refractivity contribution >= 4 is 21.5 Å². The summed E-state index contributed by atoms with van der Waals surface area (Å²) in [7, 11) is -2.42. The van der Waals surface area contributed by atoms with Crippen LogP contribution in [0.3, 0.4) is 0 Å². The molecule has 1 atom stereocenters. The first-order chi connectivity index (χ1) is 14.8. The van der Waals surface area contributed by atoms with Gasteiger partial charge in [0.15, 0.2) is 0 Å².